The molecule has 0 spiro atoms. The van der Waals surface area contributed by atoms with Gasteiger partial charge in [-0.3, -0.25) is 0 Å². The van der Waals surface area contributed by atoms with Gasteiger partial charge >= 0.3 is 0 Å². The fourth-order valence-electron chi connectivity index (χ4n) is 1.70. The van der Waals surface area contributed by atoms with E-state index in [1.54, 1.807) is 0 Å². The highest BCUT2D eigenvalue weighted by Gasteiger charge is 1.97. The topological polar surface area (TPSA) is 0 Å². The molecule has 2 aromatic carbocycles. The van der Waals surface area contributed by atoms with Crippen LogP contribution in [0.2, 0.25) is 0 Å². The van der Waals surface area contributed by atoms with Gasteiger partial charge in [0.05, 0.1) is 0 Å². The molecule has 0 nitrogen and oxygen atoms in total. The molecule has 0 unspecified atom stereocenters. The third kappa shape index (κ3) is 1.86. The first-order chi connectivity index (χ1) is 7.20. The van der Waals surface area contributed by atoms with Gasteiger partial charge in [-0.2, -0.15) is 0 Å². The monoisotopic (exact) mass is 194 g/mol. The van der Waals surface area contributed by atoms with Crippen molar-refractivity contribution in [3.8, 4) is 0 Å². The lowest BCUT2D eigenvalue weighted by Crippen LogP contribution is -1.80. The molecule has 0 heterocycles. The van der Waals surface area contributed by atoms with Crippen LogP contribution in [0, 0.1) is 6.92 Å². The van der Waals surface area contributed by atoms with Crippen LogP contribution < -0.4 is 0 Å². The van der Waals surface area contributed by atoms with Crippen molar-refractivity contribution < 1.29 is 0 Å². The Kier molecular flexibility index (Phi) is 2.45. The molecule has 2 rings (SSSR count). The van der Waals surface area contributed by atoms with Crippen LogP contribution in [0.5, 0.6) is 0 Å². The number of benzene rings is 2. The minimum atomic E-state index is 1.09. The van der Waals surface area contributed by atoms with Crippen molar-refractivity contribution in [2.45, 2.75) is 13.8 Å². The SMILES string of the molecule is C=C=C(C)c1ccc2cc(C)ccc2c1. The second-order valence-corrected chi connectivity index (χ2v) is 3.87. The van der Waals surface area contributed by atoms with E-state index in [1.165, 1.54) is 21.9 Å². The Bertz CT molecular complexity index is 555. The normalized spacial score (nSPS) is 10.0. The highest BCUT2D eigenvalue weighted by Crippen LogP contribution is 2.21. The maximum Gasteiger partial charge on any atom is -0.00250 e. The van der Waals surface area contributed by atoms with Crippen molar-refractivity contribution in [3.05, 3.63) is 59.8 Å². The second kappa shape index (κ2) is 3.76. The molecule has 0 saturated heterocycles. The van der Waals surface area contributed by atoms with Crippen molar-refractivity contribution in [1.29, 1.82) is 0 Å². The Morgan fingerprint density at radius 3 is 2.47 bits per heavy atom. The standard InChI is InChI=1S/C15H14/c1-4-12(3)13-7-8-14-9-11(2)5-6-15(14)10-13/h5-10H,1H2,2-3H3. The van der Waals surface area contributed by atoms with Gasteiger partial charge in [-0.05, 0) is 41.8 Å². The summed E-state index contributed by atoms with van der Waals surface area (Å²) < 4.78 is 0. The van der Waals surface area contributed by atoms with Gasteiger partial charge in [-0.15, -0.1) is 5.73 Å². The van der Waals surface area contributed by atoms with Crippen molar-refractivity contribution in [2.24, 2.45) is 0 Å². The van der Waals surface area contributed by atoms with Crippen LogP contribution >= 0.6 is 0 Å². The first-order valence-electron chi connectivity index (χ1n) is 5.08. The Hall–Kier alpha value is -1.78. The van der Waals surface area contributed by atoms with E-state index in [2.05, 4.69) is 55.6 Å². The summed E-state index contributed by atoms with van der Waals surface area (Å²) in [4.78, 5) is 0. The van der Waals surface area contributed by atoms with Crippen LogP contribution in [0.25, 0.3) is 16.3 Å². The summed E-state index contributed by atoms with van der Waals surface area (Å²) in [6, 6.07) is 13.0. The van der Waals surface area contributed by atoms with Gasteiger partial charge < -0.3 is 0 Å². The third-order valence-corrected chi connectivity index (χ3v) is 2.69. The fraction of sp³-hybridized carbons (Fsp3) is 0.133. The number of fused-ring (bicyclic) bond motifs is 1. The molecule has 0 aliphatic carbocycles. The van der Waals surface area contributed by atoms with E-state index in [4.69, 9.17) is 0 Å². The summed E-state index contributed by atoms with van der Waals surface area (Å²) in [6.45, 7) is 7.81. The summed E-state index contributed by atoms with van der Waals surface area (Å²) in [5.74, 6) is 0. The Labute approximate surface area is 90.6 Å². The Balaban J connectivity index is 2.67. The van der Waals surface area contributed by atoms with Crippen LogP contribution in [0.1, 0.15) is 18.1 Å². The van der Waals surface area contributed by atoms with Crippen LogP contribution in [0.15, 0.2) is 48.7 Å². The van der Waals surface area contributed by atoms with Gasteiger partial charge in [0.25, 0.3) is 0 Å². The van der Waals surface area contributed by atoms with E-state index in [9.17, 15) is 0 Å². The molecule has 0 amide bonds. The van der Waals surface area contributed by atoms with Crippen molar-refractivity contribution in [1.82, 2.24) is 0 Å². The lowest BCUT2D eigenvalue weighted by Gasteiger charge is -2.03. The third-order valence-electron chi connectivity index (χ3n) is 2.69. The predicted molar refractivity (Wildman–Crippen MR) is 66.9 cm³/mol. The molecule has 0 bridgehead atoms. The minimum Gasteiger partial charge on any atom is -0.125 e. The average Bonchev–Trinajstić information content (AvgIpc) is 2.27. The second-order valence-electron chi connectivity index (χ2n) is 3.87. The van der Waals surface area contributed by atoms with E-state index < -0.39 is 0 Å². The molecule has 0 atom stereocenters. The smallest absolute Gasteiger partial charge is 0.00250 e. The molecule has 0 aliphatic heterocycles. The molecule has 0 fully saturated rings. The molecular weight excluding hydrogens is 180 g/mol. The zero-order valence-corrected chi connectivity index (χ0v) is 9.17. The summed E-state index contributed by atoms with van der Waals surface area (Å²) in [5.41, 5.74) is 6.51. The molecule has 0 saturated carbocycles. The average molecular weight is 194 g/mol. The maximum absolute atomic E-state index is 3.67. The lowest BCUT2D eigenvalue weighted by molar-refractivity contribution is 1.50. The highest BCUT2D eigenvalue weighted by atomic mass is 14.0. The molecule has 15 heavy (non-hydrogen) atoms. The number of aryl methyl sites for hydroxylation is 1. The van der Waals surface area contributed by atoms with Crippen LogP contribution in [0.4, 0.5) is 0 Å². The summed E-state index contributed by atoms with van der Waals surface area (Å²) in [6.07, 6.45) is 0. The molecule has 74 valence electrons. The summed E-state index contributed by atoms with van der Waals surface area (Å²) >= 11 is 0. The van der Waals surface area contributed by atoms with E-state index in [1.807, 2.05) is 6.92 Å². The summed E-state index contributed by atoms with van der Waals surface area (Å²) in [5, 5.41) is 2.56. The fourth-order valence-corrected chi connectivity index (χ4v) is 1.70. The molecule has 2 aromatic rings. The van der Waals surface area contributed by atoms with Gasteiger partial charge in [0.15, 0.2) is 0 Å². The number of rotatable bonds is 1. The van der Waals surface area contributed by atoms with E-state index in [0.29, 0.717) is 0 Å². The molecule has 0 aliphatic rings. The van der Waals surface area contributed by atoms with Crippen molar-refractivity contribution >= 4 is 16.3 Å². The van der Waals surface area contributed by atoms with Crippen molar-refractivity contribution in [2.75, 3.05) is 0 Å². The summed E-state index contributed by atoms with van der Waals surface area (Å²) in [7, 11) is 0. The van der Waals surface area contributed by atoms with Crippen LogP contribution in [-0.4, -0.2) is 0 Å². The number of allylic oxidation sites excluding steroid dienone is 1. The van der Waals surface area contributed by atoms with Gasteiger partial charge in [0.1, 0.15) is 0 Å². The van der Waals surface area contributed by atoms with Gasteiger partial charge in [0.2, 0.25) is 0 Å². The van der Waals surface area contributed by atoms with Crippen LogP contribution in [-0.2, 0) is 0 Å². The quantitative estimate of drug-likeness (QED) is 0.592. The molecule has 0 N–H and O–H groups in total. The van der Waals surface area contributed by atoms with Gasteiger partial charge in [-0.25, -0.2) is 0 Å². The predicted octanol–water partition coefficient (Wildman–Crippen LogP) is 4.34. The molecular formula is C15H14. The highest BCUT2D eigenvalue weighted by molar-refractivity contribution is 5.86. The minimum absolute atomic E-state index is 1.09. The molecule has 0 radical (unpaired) electrons. The first-order valence-corrected chi connectivity index (χ1v) is 5.08. The van der Waals surface area contributed by atoms with E-state index >= 15 is 0 Å². The van der Waals surface area contributed by atoms with E-state index in [-0.39, 0.29) is 0 Å². The molecule has 0 heteroatoms. The largest absolute Gasteiger partial charge is 0.125 e. The maximum atomic E-state index is 3.67. The zero-order chi connectivity index (χ0) is 10.8. The van der Waals surface area contributed by atoms with Gasteiger partial charge in [0, 0.05) is 0 Å². The molecule has 0 aromatic heterocycles. The van der Waals surface area contributed by atoms with Crippen LogP contribution in [0.3, 0.4) is 0 Å². The zero-order valence-electron chi connectivity index (χ0n) is 9.17. The number of hydrogen-bond acceptors (Lipinski definition) is 0. The Morgan fingerprint density at radius 2 is 1.73 bits per heavy atom. The van der Waals surface area contributed by atoms with E-state index in [0.717, 1.165) is 5.57 Å². The Morgan fingerprint density at radius 1 is 1.07 bits per heavy atom. The number of hydrogen-bond donors (Lipinski definition) is 0. The first kappa shape index (κ1) is 9.76. The van der Waals surface area contributed by atoms with Gasteiger partial charge in [-0.1, -0.05) is 42.5 Å². The van der Waals surface area contributed by atoms with Crippen molar-refractivity contribution in [3.63, 3.8) is 0 Å². The lowest BCUT2D eigenvalue weighted by atomic mass is 10.0.